The maximum Gasteiger partial charge on any atom is 0.305 e. The van der Waals surface area contributed by atoms with Gasteiger partial charge in [0.15, 0.2) is 0 Å². The molecule has 0 saturated carbocycles. The Morgan fingerprint density at radius 3 is 2.31 bits per heavy atom. The number of benzene rings is 2. The van der Waals surface area contributed by atoms with Crippen molar-refractivity contribution in [2.24, 2.45) is 5.73 Å². The molecule has 6 N–H and O–H groups in total. The Morgan fingerprint density at radius 1 is 1.03 bits per heavy atom. The van der Waals surface area contributed by atoms with Crippen molar-refractivity contribution in [1.82, 2.24) is 10.6 Å². The van der Waals surface area contributed by atoms with Gasteiger partial charge in [0.1, 0.15) is 5.84 Å². The number of amidine groups is 1. The first-order valence-electron chi connectivity index (χ1n) is 11.9. The van der Waals surface area contributed by atoms with Crippen molar-refractivity contribution in [3.05, 3.63) is 78.4 Å². The van der Waals surface area contributed by atoms with Gasteiger partial charge in [-0.05, 0) is 49.2 Å². The molecule has 0 saturated heterocycles. The largest absolute Gasteiger partial charge is 0.481 e. The normalized spacial score (nSPS) is 11.3. The molecule has 0 aliphatic carbocycles. The topological polar surface area (TPSA) is 149 Å². The third kappa shape index (κ3) is 10.1. The molecule has 192 valence electrons. The lowest BCUT2D eigenvalue weighted by molar-refractivity contribution is -0.137. The molecule has 1 atom stereocenters. The zero-order valence-corrected chi connectivity index (χ0v) is 20.4. The number of nitrogen functional groups attached to an aromatic ring is 1. The van der Waals surface area contributed by atoms with Gasteiger partial charge < -0.3 is 26.4 Å². The van der Waals surface area contributed by atoms with Crippen LogP contribution in [0.5, 0.6) is 0 Å². The van der Waals surface area contributed by atoms with E-state index in [0.717, 1.165) is 18.4 Å². The van der Waals surface area contributed by atoms with Crippen LogP contribution in [0.25, 0.3) is 0 Å². The van der Waals surface area contributed by atoms with Gasteiger partial charge in [0.25, 0.3) is 0 Å². The summed E-state index contributed by atoms with van der Waals surface area (Å²) in [6.07, 6.45) is 3.19. The predicted octanol–water partition coefficient (Wildman–Crippen LogP) is 2.80. The molecule has 0 bridgehead atoms. The zero-order chi connectivity index (χ0) is 26.3. The van der Waals surface area contributed by atoms with Crippen molar-refractivity contribution < 1.29 is 19.5 Å². The van der Waals surface area contributed by atoms with Crippen LogP contribution in [0.3, 0.4) is 0 Å². The van der Waals surface area contributed by atoms with Crippen LogP contribution in [0.1, 0.15) is 43.2 Å². The number of carbonyl (C=O) groups excluding carboxylic acids is 2. The lowest BCUT2D eigenvalue weighted by Crippen LogP contribution is -2.33. The number of carboxylic acids is 1. The summed E-state index contributed by atoms with van der Waals surface area (Å²) in [5, 5.41) is 22.3. The Hall–Kier alpha value is -3.98. The summed E-state index contributed by atoms with van der Waals surface area (Å²) in [6, 6.07) is 16.2. The molecule has 9 nitrogen and oxygen atoms in total. The van der Waals surface area contributed by atoms with E-state index in [4.69, 9.17) is 16.2 Å². The van der Waals surface area contributed by atoms with E-state index in [1.54, 1.807) is 35.2 Å². The van der Waals surface area contributed by atoms with Crippen molar-refractivity contribution in [1.29, 1.82) is 5.41 Å². The Bertz CT molecular complexity index is 1020. The van der Waals surface area contributed by atoms with E-state index < -0.39 is 5.97 Å². The number of nitrogens with two attached hydrogens (primary N) is 1. The highest BCUT2D eigenvalue weighted by molar-refractivity contribution is 5.97. The van der Waals surface area contributed by atoms with Crippen LogP contribution in [0.4, 0.5) is 5.69 Å². The Balaban J connectivity index is 1.82. The zero-order valence-electron chi connectivity index (χ0n) is 20.4. The van der Waals surface area contributed by atoms with E-state index in [9.17, 15) is 14.4 Å². The SMILES string of the molecule is C=CC(CC(=O)O)NCCCCNC(=O)CCC(=O)N(Cc1ccccc1)c1ccc(C(=N)N)cc1. The Morgan fingerprint density at radius 2 is 1.69 bits per heavy atom. The maximum atomic E-state index is 13.1. The second kappa shape index (κ2) is 15.1. The molecule has 0 radical (unpaired) electrons. The Labute approximate surface area is 211 Å². The van der Waals surface area contributed by atoms with Crippen molar-refractivity contribution in [3.8, 4) is 0 Å². The highest BCUT2D eigenvalue weighted by atomic mass is 16.4. The monoisotopic (exact) mass is 493 g/mol. The average molecular weight is 494 g/mol. The minimum absolute atomic E-state index is 0.0174. The van der Waals surface area contributed by atoms with E-state index in [2.05, 4.69) is 17.2 Å². The fraction of sp³-hybridized carbons (Fsp3) is 0.333. The number of nitrogens with zero attached hydrogens (tertiary/aromatic N) is 1. The van der Waals surface area contributed by atoms with Gasteiger partial charge in [-0.3, -0.25) is 19.8 Å². The number of rotatable bonds is 16. The van der Waals surface area contributed by atoms with Crippen LogP contribution < -0.4 is 21.3 Å². The summed E-state index contributed by atoms with van der Waals surface area (Å²) in [5.41, 5.74) is 7.74. The van der Waals surface area contributed by atoms with E-state index in [1.165, 1.54) is 0 Å². The summed E-state index contributed by atoms with van der Waals surface area (Å²) in [5.74, 6) is -1.30. The third-order valence-corrected chi connectivity index (χ3v) is 5.55. The van der Waals surface area contributed by atoms with E-state index in [0.29, 0.717) is 30.9 Å². The van der Waals surface area contributed by atoms with Crippen LogP contribution in [0.2, 0.25) is 0 Å². The molecule has 0 spiro atoms. The first-order chi connectivity index (χ1) is 17.3. The molecular weight excluding hydrogens is 458 g/mol. The highest BCUT2D eigenvalue weighted by Crippen LogP contribution is 2.20. The van der Waals surface area contributed by atoms with Gasteiger partial charge in [-0.25, -0.2) is 0 Å². The molecule has 0 aromatic heterocycles. The highest BCUT2D eigenvalue weighted by Gasteiger charge is 2.18. The third-order valence-electron chi connectivity index (χ3n) is 5.55. The summed E-state index contributed by atoms with van der Waals surface area (Å²) in [7, 11) is 0. The molecular formula is C27H35N5O4. The van der Waals surface area contributed by atoms with Crippen LogP contribution in [-0.2, 0) is 20.9 Å². The first-order valence-corrected chi connectivity index (χ1v) is 11.9. The van der Waals surface area contributed by atoms with E-state index in [-0.39, 0.29) is 43.0 Å². The fourth-order valence-electron chi connectivity index (χ4n) is 3.55. The second-order valence-electron chi connectivity index (χ2n) is 8.38. The molecule has 0 aliphatic heterocycles. The number of nitrogens with one attached hydrogen (secondary N) is 3. The molecule has 1 unspecified atom stereocenters. The lowest BCUT2D eigenvalue weighted by atomic mass is 10.1. The lowest BCUT2D eigenvalue weighted by Gasteiger charge is -2.23. The van der Waals surface area contributed by atoms with Crippen LogP contribution in [0, 0.1) is 5.41 Å². The van der Waals surface area contributed by atoms with Gasteiger partial charge in [0, 0.05) is 36.7 Å². The smallest absolute Gasteiger partial charge is 0.305 e. The summed E-state index contributed by atoms with van der Waals surface area (Å²) < 4.78 is 0. The van der Waals surface area contributed by atoms with E-state index >= 15 is 0 Å². The molecule has 0 aliphatic rings. The minimum atomic E-state index is -0.885. The molecule has 0 heterocycles. The number of carboxylic acid groups (broad SMARTS) is 1. The van der Waals surface area contributed by atoms with Gasteiger partial charge in [0.2, 0.25) is 11.8 Å². The van der Waals surface area contributed by atoms with Gasteiger partial charge in [-0.15, -0.1) is 6.58 Å². The van der Waals surface area contributed by atoms with Crippen molar-refractivity contribution in [2.75, 3.05) is 18.0 Å². The van der Waals surface area contributed by atoms with Crippen molar-refractivity contribution >= 4 is 29.3 Å². The molecule has 2 aromatic rings. The number of carbonyl (C=O) groups is 3. The summed E-state index contributed by atoms with van der Waals surface area (Å²) in [6.45, 7) is 5.09. The molecule has 2 aromatic carbocycles. The molecule has 2 amide bonds. The number of unbranched alkanes of at least 4 members (excludes halogenated alkanes) is 1. The van der Waals surface area contributed by atoms with Crippen LogP contribution >= 0.6 is 0 Å². The maximum absolute atomic E-state index is 13.1. The predicted molar refractivity (Wildman–Crippen MR) is 141 cm³/mol. The summed E-state index contributed by atoms with van der Waals surface area (Å²) >= 11 is 0. The van der Waals surface area contributed by atoms with Crippen molar-refractivity contribution in [3.63, 3.8) is 0 Å². The van der Waals surface area contributed by atoms with E-state index in [1.807, 2.05) is 30.3 Å². The number of aliphatic carboxylic acids is 1. The quantitative estimate of drug-likeness (QED) is 0.105. The molecule has 2 rings (SSSR count). The van der Waals surface area contributed by atoms with Gasteiger partial charge in [0.05, 0.1) is 13.0 Å². The minimum Gasteiger partial charge on any atom is -0.481 e. The average Bonchev–Trinajstić information content (AvgIpc) is 2.87. The fourth-order valence-corrected chi connectivity index (χ4v) is 3.55. The number of hydrogen-bond acceptors (Lipinski definition) is 5. The molecule has 36 heavy (non-hydrogen) atoms. The van der Waals surface area contributed by atoms with Crippen LogP contribution in [0.15, 0.2) is 67.3 Å². The molecule has 0 fully saturated rings. The first kappa shape index (κ1) is 28.3. The van der Waals surface area contributed by atoms with Gasteiger partial charge >= 0.3 is 5.97 Å². The summed E-state index contributed by atoms with van der Waals surface area (Å²) in [4.78, 5) is 37.8. The molecule has 9 heteroatoms. The number of anilines is 1. The Kier molecular flexibility index (Phi) is 11.9. The van der Waals surface area contributed by atoms with Crippen molar-refractivity contribution in [2.45, 2.75) is 44.7 Å². The standard InChI is InChI=1S/C27H35N5O4/c1-2-22(18-26(35)36)30-16-6-7-17-31-24(33)14-15-25(34)32(19-20-8-4-3-5-9-20)23-12-10-21(11-13-23)27(28)29/h2-5,8-13,22,30H,1,6-7,14-19H2,(H3,28,29)(H,31,33)(H,35,36). The van der Waals surface area contributed by atoms with Gasteiger partial charge in [-0.2, -0.15) is 0 Å². The number of hydrogen-bond donors (Lipinski definition) is 5. The van der Waals surface area contributed by atoms with Gasteiger partial charge in [-0.1, -0.05) is 36.4 Å². The second-order valence-corrected chi connectivity index (χ2v) is 8.38. The van der Waals surface area contributed by atoms with Crippen LogP contribution in [-0.4, -0.2) is 47.9 Å². The number of amides is 2.